The van der Waals surface area contributed by atoms with E-state index in [0.29, 0.717) is 24.4 Å². The molecule has 1 fully saturated rings. The Bertz CT molecular complexity index is 447. The smallest absolute Gasteiger partial charge is 0.261 e. The highest BCUT2D eigenvalue weighted by Gasteiger charge is 2.25. The molecule has 2 rings (SSSR count). The van der Waals surface area contributed by atoms with Crippen LogP contribution in [0.3, 0.4) is 0 Å². The second kappa shape index (κ2) is 7.40. The van der Waals surface area contributed by atoms with Crippen LogP contribution in [-0.2, 0) is 4.79 Å². The summed E-state index contributed by atoms with van der Waals surface area (Å²) in [6.07, 6.45) is 3.52. The summed E-state index contributed by atoms with van der Waals surface area (Å²) in [7, 11) is 0. The van der Waals surface area contributed by atoms with Gasteiger partial charge in [-0.15, -0.1) is 11.3 Å². The SMILES string of the molecule is NCC1CCCCN1C(=O)CCNC(=O)c1cccs1. The molecule has 2 amide bonds. The zero-order valence-corrected chi connectivity index (χ0v) is 12.3. The molecule has 1 saturated heterocycles. The van der Waals surface area contributed by atoms with Gasteiger partial charge in [0.25, 0.3) is 5.91 Å². The second-order valence-electron chi connectivity index (χ2n) is 4.96. The molecule has 0 aliphatic carbocycles. The number of rotatable bonds is 5. The van der Waals surface area contributed by atoms with E-state index in [-0.39, 0.29) is 17.9 Å². The van der Waals surface area contributed by atoms with Crippen molar-refractivity contribution in [3.05, 3.63) is 22.4 Å². The number of nitrogens with one attached hydrogen (secondary N) is 1. The minimum atomic E-state index is -0.109. The van der Waals surface area contributed by atoms with Gasteiger partial charge in [-0.05, 0) is 30.7 Å². The summed E-state index contributed by atoms with van der Waals surface area (Å²) in [6.45, 7) is 1.69. The van der Waals surface area contributed by atoms with Gasteiger partial charge in [0.1, 0.15) is 0 Å². The molecular weight excluding hydrogens is 274 g/mol. The maximum Gasteiger partial charge on any atom is 0.261 e. The molecule has 2 heterocycles. The van der Waals surface area contributed by atoms with Gasteiger partial charge in [-0.2, -0.15) is 0 Å². The molecule has 1 aromatic heterocycles. The quantitative estimate of drug-likeness (QED) is 0.857. The van der Waals surface area contributed by atoms with Gasteiger partial charge < -0.3 is 16.0 Å². The van der Waals surface area contributed by atoms with Crippen molar-refractivity contribution in [2.24, 2.45) is 5.73 Å². The highest BCUT2D eigenvalue weighted by atomic mass is 32.1. The highest BCUT2D eigenvalue weighted by Crippen LogP contribution is 2.17. The lowest BCUT2D eigenvalue weighted by atomic mass is 10.0. The third-order valence-electron chi connectivity index (χ3n) is 3.59. The fraction of sp³-hybridized carbons (Fsp3) is 0.571. The first-order valence-corrected chi connectivity index (χ1v) is 7.91. The van der Waals surface area contributed by atoms with Crippen molar-refractivity contribution in [1.82, 2.24) is 10.2 Å². The number of thiophene rings is 1. The minimum Gasteiger partial charge on any atom is -0.351 e. The Hall–Kier alpha value is -1.40. The molecule has 110 valence electrons. The Morgan fingerprint density at radius 3 is 3.00 bits per heavy atom. The molecule has 20 heavy (non-hydrogen) atoms. The van der Waals surface area contributed by atoms with Crippen LogP contribution in [0.2, 0.25) is 0 Å². The second-order valence-corrected chi connectivity index (χ2v) is 5.90. The van der Waals surface area contributed by atoms with Crippen molar-refractivity contribution in [3.63, 3.8) is 0 Å². The van der Waals surface area contributed by atoms with Crippen molar-refractivity contribution < 1.29 is 9.59 Å². The van der Waals surface area contributed by atoms with E-state index in [1.54, 1.807) is 6.07 Å². The van der Waals surface area contributed by atoms with Gasteiger partial charge in [-0.3, -0.25) is 9.59 Å². The maximum atomic E-state index is 12.2. The van der Waals surface area contributed by atoms with Gasteiger partial charge >= 0.3 is 0 Å². The normalized spacial score (nSPS) is 18.9. The van der Waals surface area contributed by atoms with Crippen molar-refractivity contribution in [2.45, 2.75) is 31.7 Å². The molecule has 0 bridgehead atoms. The number of piperidine rings is 1. The lowest BCUT2D eigenvalue weighted by molar-refractivity contribution is -0.134. The Labute approximate surface area is 123 Å². The summed E-state index contributed by atoms with van der Waals surface area (Å²) < 4.78 is 0. The predicted octanol–water partition coefficient (Wildman–Crippen LogP) is 1.21. The first-order chi connectivity index (χ1) is 9.72. The van der Waals surface area contributed by atoms with Crippen LogP contribution >= 0.6 is 11.3 Å². The fourth-order valence-electron chi connectivity index (χ4n) is 2.50. The molecule has 0 spiro atoms. The number of hydrogen-bond donors (Lipinski definition) is 2. The van der Waals surface area contributed by atoms with Gasteiger partial charge in [0.2, 0.25) is 5.91 Å². The van der Waals surface area contributed by atoms with E-state index < -0.39 is 0 Å². The number of hydrogen-bond acceptors (Lipinski definition) is 4. The van der Waals surface area contributed by atoms with E-state index in [1.807, 2.05) is 16.3 Å². The monoisotopic (exact) mass is 295 g/mol. The molecule has 1 aliphatic heterocycles. The van der Waals surface area contributed by atoms with Crippen LogP contribution in [0.25, 0.3) is 0 Å². The van der Waals surface area contributed by atoms with Gasteiger partial charge in [0, 0.05) is 32.1 Å². The number of carbonyl (C=O) groups excluding carboxylic acids is 2. The molecule has 6 heteroatoms. The van der Waals surface area contributed by atoms with Crippen LogP contribution in [0.5, 0.6) is 0 Å². The fourth-order valence-corrected chi connectivity index (χ4v) is 3.14. The summed E-state index contributed by atoms with van der Waals surface area (Å²) in [4.78, 5) is 26.4. The van der Waals surface area contributed by atoms with Crippen LogP contribution in [0.4, 0.5) is 0 Å². The molecule has 1 aromatic rings. The zero-order chi connectivity index (χ0) is 14.4. The molecular formula is C14H21N3O2S. The molecule has 3 N–H and O–H groups in total. The van der Waals surface area contributed by atoms with Crippen molar-refractivity contribution >= 4 is 23.2 Å². The van der Waals surface area contributed by atoms with Crippen molar-refractivity contribution in [3.8, 4) is 0 Å². The highest BCUT2D eigenvalue weighted by molar-refractivity contribution is 7.12. The van der Waals surface area contributed by atoms with E-state index in [4.69, 9.17) is 5.73 Å². The summed E-state index contributed by atoms with van der Waals surface area (Å²) in [5.74, 6) is -0.0200. The Kier molecular flexibility index (Phi) is 5.55. The molecule has 1 unspecified atom stereocenters. The first-order valence-electron chi connectivity index (χ1n) is 7.03. The average Bonchev–Trinajstić information content (AvgIpc) is 3.01. The largest absolute Gasteiger partial charge is 0.351 e. The summed E-state index contributed by atoms with van der Waals surface area (Å²) in [6, 6.07) is 3.78. The van der Waals surface area contributed by atoms with Crippen LogP contribution in [0, 0.1) is 0 Å². The zero-order valence-electron chi connectivity index (χ0n) is 11.5. The number of nitrogens with zero attached hydrogens (tertiary/aromatic N) is 1. The van der Waals surface area contributed by atoms with E-state index in [2.05, 4.69) is 5.32 Å². The van der Waals surface area contributed by atoms with Gasteiger partial charge in [0.05, 0.1) is 4.88 Å². The van der Waals surface area contributed by atoms with E-state index in [1.165, 1.54) is 11.3 Å². The molecule has 0 aromatic carbocycles. The molecule has 5 nitrogen and oxygen atoms in total. The first kappa shape index (κ1) is 15.0. The summed E-state index contributed by atoms with van der Waals surface area (Å²) in [5.41, 5.74) is 5.71. The third-order valence-corrected chi connectivity index (χ3v) is 4.46. The van der Waals surface area contributed by atoms with Crippen LogP contribution in [0.15, 0.2) is 17.5 Å². The lowest BCUT2D eigenvalue weighted by Gasteiger charge is -2.35. The van der Waals surface area contributed by atoms with Crippen molar-refractivity contribution in [1.29, 1.82) is 0 Å². The predicted molar refractivity (Wildman–Crippen MR) is 79.7 cm³/mol. The molecule has 0 saturated carbocycles. The van der Waals surface area contributed by atoms with E-state index >= 15 is 0 Å². The molecule has 0 radical (unpaired) electrons. The Balaban J connectivity index is 1.75. The van der Waals surface area contributed by atoms with Crippen LogP contribution in [0.1, 0.15) is 35.4 Å². The van der Waals surface area contributed by atoms with Gasteiger partial charge in [0.15, 0.2) is 0 Å². The number of nitrogens with two attached hydrogens (primary N) is 1. The van der Waals surface area contributed by atoms with Gasteiger partial charge in [-0.25, -0.2) is 0 Å². The summed E-state index contributed by atoms with van der Waals surface area (Å²) in [5, 5.41) is 4.64. The number of carbonyl (C=O) groups is 2. The number of amides is 2. The van der Waals surface area contributed by atoms with Crippen LogP contribution in [-0.4, -0.2) is 42.4 Å². The van der Waals surface area contributed by atoms with E-state index in [0.717, 1.165) is 25.8 Å². The Morgan fingerprint density at radius 1 is 1.45 bits per heavy atom. The minimum absolute atomic E-state index is 0.0895. The lowest BCUT2D eigenvalue weighted by Crippen LogP contribution is -2.48. The Morgan fingerprint density at radius 2 is 2.30 bits per heavy atom. The van der Waals surface area contributed by atoms with Gasteiger partial charge in [-0.1, -0.05) is 6.07 Å². The summed E-state index contributed by atoms with van der Waals surface area (Å²) >= 11 is 1.40. The topological polar surface area (TPSA) is 75.4 Å². The average molecular weight is 295 g/mol. The molecule has 1 aliphatic rings. The van der Waals surface area contributed by atoms with Crippen molar-refractivity contribution in [2.75, 3.05) is 19.6 Å². The molecule has 1 atom stereocenters. The third kappa shape index (κ3) is 3.80. The standard InChI is InChI=1S/C14H21N3O2S/c15-10-11-4-1-2-8-17(11)13(18)6-7-16-14(19)12-5-3-9-20-12/h3,5,9,11H,1-2,4,6-8,10,15H2,(H,16,19). The van der Waals surface area contributed by atoms with Crippen LogP contribution < -0.4 is 11.1 Å². The van der Waals surface area contributed by atoms with E-state index in [9.17, 15) is 9.59 Å². The number of likely N-dealkylation sites (tertiary alicyclic amines) is 1. The maximum absolute atomic E-state index is 12.2.